The molecule has 2 aromatic carbocycles. The molecule has 1 aliphatic carbocycles. The lowest BCUT2D eigenvalue weighted by Gasteiger charge is -2.39. The summed E-state index contributed by atoms with van der Waals surface area (Å²) in [5, 5.41) is 10.3. The Morgan fingerprint density at radius 1 is 1.15 bits per heavy atom. The fraction of sp³-hybridized carbons (Fsp3) is 0.300. The molecule has 8 heteroatoms. The third-order valence-electron chi connectivity index (χ3n) is 9.05. The summed E-state index contributed by atoms with van der Waals surface area (Å²) in [5.41, 5.74) is 6.89. The van der Waals surface area contributed by atoms with Gasteiger partial charge in [0.05, 0.1) is 18.2 Å². The maximum Gasteiger partial charge on any atom is 0.271 e. The SMILES string of the molecule is C=C=C(NC/C(C)=C/C(CNC)=C(/C=C)CC)n1c(-c2ccccc2)ncc(C2=NC3C=CCC(COc4ccccc4)C3(C)N2)c1=O. The standard InChI is InChI=1S/C40H46N6O2/c1-7-29(8-2)31(25-41-6)23-28(4)24-42-36(9-3)46-38(30-17-12-10-13-18-30)43-26-34(39(46)47)37-44-35-22-16-19-32(40(35,5)45-37)27-48-33-20-14-11-15-21-33/h7,10-18,20-23,26,32,35,41-42H,1,3,8,19,24-25,27H2,2,4-6H3,(H,44,45)/b28-23+,31-29+. The molecule has 48 heavy (non-hydrogen) atoms. The van der Waals surface area contributed by atoms with Crippen LogP contribution in [0.4, 0.5) is 0 Å². The number of nitrogens with one attached hydrogen (secondary N) is 3. The average molecular weight is 643 g/mol. The van der Waals surface area contributed by atoms with Gasteiger partial charge < -0.3 is 20.7 Å². The summed E-state index contributed by atoms with van der Waals surface area (Å²) in [6.45, 7) is 16.0. The predicted molar refractivity (Wildman–Crippen MR) is 197 cm³/mol. The van der Waals surface area contributed by atoms with E-state index in [2.05, 4.69) is 73.8 Å². The Morgan fingerprint density at radius 3 is 2.54 bits per heavy atom. The summed E-state index contributed by atoms with van der Waals surface area (Å²) in [5.74, 6) is 2.37. The minimum atomic E-state index is -0.438. The van der Waals surface area contributed by atoms with E-state index in [0.717, 1.165) is 36.3 Å². The molecule has 3 unspecified atom stereocenters. The van der Waals surface area contributed by atoms with Crippen LogP contribution in [0.15, 0.2) is 137 Å². The lowest BCUT2D eigenvalue weighted by molar-refractivity contribution is 0.156. The summed E-state index contributed by atoms with van der Waals surface area (Å²) >= 11 is 0. The summed E-state index contributed by atoms with van der Waals surface area (Å²) in [4.78, 5) is 24.4. The second kappa shape index (κ2) is 15.6. The number of fused-ring (bicyclic) bond motifs is 1. The molecular weight excluding hydrogens is 596 g/mol. The third-order valence-corrected chi connectivity index (χ3v) is 9.05. The Labute approximate surface area is 284 Å². The molecule has 0 fully saturated rings. The van der Waals surface area contributed by atoms with Crippen molar-refractivity contribution in [3.8, 4) is 17.1 Å². The molecule has 3 atom stereocenters. The zero-order valence-corrected chi connectivity index (χ0v) is 28.4. The second-order valence-electron chi connectivity index (χ2n) is 12.3. The Morgan fingerprint density at radius 2 is 1.88 bits per heavy atom. The van der Waals surface area contributed by atoms with Crippen molar-refractivity contribution < 1.29 is 4.74 Å². The van der Waals surface area contributed by atoms with E-state index in [4.69, 9.17) is 14.7 Å². The van der Waals surface area contributed by atoms with E-state index in [9.17, 15) is 4.79 Å². The average Bonchev–Trinajstić information content (AvgIpc) is 3.46. The number of benzene rings is 2. The number of para-hydroxylation sites is 1. The number of ether oxygens (including phenoxy) is 1. The maximum absolute atomic E-state index is 14.5. The van der Waals surface area contributed by atoms with Crippen LogP contribution in [0, 0.1) is 5.92 Å². The first kappa shape index (κ1) is 34.2. The number of amidine groups is 1. The van der Waals surface area contributed by atoms with E-state index >= 15 is 0 Å². The van der Waals surface area contributed by atoms with E-state index in [0.29, 0.717) is 36.2 Å². The molecule has 0 saturated carbocycles. The largest absolute Gasteiger partial charge is 0.493 e. The van der Waals surface area contributed by atoms with Gasteiger partial charge in [-0.2, -0.15) is 0 Å². The molecule has 2 heterocycles. The smallest absolute Gasteiger partial charge is 0.271 e. The molecule has 2 aliphatic rings. The van der Waals surface area contributed by atoms with Gasteiger partial charge in [0.2, 0.25) is 0 Å². The van der Waals surface area contributed by atoms with Crippen molar-refractivity contribution in [1.82, 2.24) is 25.5 Å². The highest BCUT2D eigenvalue weighted by Gasteiger charge is 2.47. The highest BCUT2D eigenvalue weighted by atomic mass is 16.5. The first-order valence-corrected chi connectivity index (χ1v) is 16.5. The highest BCUT2D eigenvalue weighted by molar-refractivity contribution is 6.00. The molecule has 1 aliphatic heterocycles. The van der Waals surface area contributed by atoms with Crippen molar-refractivity contribution in [2.24, 2.45) is 10.9 Å². The lowest BCUT2D eigenvalue weighted by Crippen LogP contribution is -2.56. The van der Waals surface area contributed by atoms with Gasteiger partial charge in [-0.3, -0.25) is 9.79 Å². The van der Waals surface area contributed by atoms with Crippen LogP contribution in [0.5, 0.6) is 5.75 Å². The predicted octanol–water partition coefficient (Wildman–Crippen LogP) is 6.27. The maximum atomic E-state index is 14.5. The first-order valence-electron chi connectivity index (χ1n) is 16.5. The molecule has 8 nitrogen and oxygen atoms in total. The number of allylic oxidation sites excluding steroid dienone is 3. The fourth-order valence-electron chi connectivity index (χ4n) is 6.29. The van der Waals surface area contributed by atoms with Crippen LogP contribution in [0.2, 0.25) is 0 Å². The first-order chi connectivity index (χ1) is 23.3. The fourth-order valence-corrected chi connectivity index (χ4v) is 6.29. The van der Waals surface area contributed by atoms with Gasteiger partial charge in [0, 0.05) is 30.8 Å². The van der Waals surface area contributed by atoms with E-state index in [1.54, 1.807) is 10.8 Å². The van der Waals surface area contributed by atoms with Crippen LogP contribution < -0.4 is 26.2 Å². The molecule has 1 aromatic heterocycles. The van der Waals surface area contributed by atoms with Crippen LogP contribution in [0.25, 0.3) is 17.2 Å². The van der Waals surface area contributed by atoms with Gasteiger partial charge in [0.15, 0.2) is 5.82 Å². The second-order valence-corrected chi connectivity index (χ2v) is 12.3. The summed E-state index contributed by atoms with van der Waals surface area (Å²) in [6, 6.07) is 19.3. The molecule has 3 aromatic rings. The van der Waals surface area contributed by atoms with Gasteiger partial charge in [-0.25, -0.2) is 9.55 Å². The molecule has 0 bridgehead atoms. The van der Waals surface area contributed by atoms with Gasteiger partial charge in [0.1, 0.15) is 23.0 Å². The molecule has 248 valence electrons. The highest BCUT2D eigenvalue weighted by Crippen LogP contribution is 2.36. The molecule has 0 radical (unpaired) electrons. The van der Waals surface area contributed by atoms with Crippen LogP contribution in [-0.2, 0) is 0 Å². The quantitative estimate of drug-likeness (QED) is 0.109. The molecule has 3 N–H and O–H groups in total. The number of hydrogen-bond donors (Lipinski definition) is 3. The van der Waals surface area contributed by atoms with Crippen molar-refractivity contribution in [3.63, 3.8) is 0 Å². The summed E-state index contributed by atoms with van der Waals surface area (Å²) in [6.07, 6.45) is 11.7. The van der Waals surface area contributed by atoms with Crippen LogP contribution in [0.3, 0.4) is 0 Å². The Bertz CT molecular complexity index is 1850. The summed E-state index contributed by atoms with van der Waals surface area (Å²) in [7, 11) is 1.93. The van der Waals surface area contributed by atoms with Gasteiger partial charge in [0.25, 0.3) is 5.56 Å². The summed E-state index contributed by atoms with van der Waals surface area (Å²) < 4.78 is 7.73. The number of aromatic nitrogens is 2. The minimum absolute atomic E-state index is 0.129. The third kappa shape index (κ3) is 7.36. The van der Waals surface area contributed by atoms with Gasteiger partial charge in [-0.05, 0) is 57.0 Å². The van der Waals surface area contributed by atoms with Crippen molar-refractivity contribution >= 4 is 11.7 Å². The number of rotatable bonds is 14. The van der Waals surface area contributed by atoms with Crippen LogP contribution in [0.1, 0.15) is 39.2 Å². The topological polar surface area (TPSA) is 92.6 Å². The zero-order chi connectivity index (χ0) is 34.1. The number of aliphatic imine (C=N–C) groups is 1. The monoisotopic (exact) mass is 642 g/mol. The van der Waals surface area contributed by atoms with E-state index in [1.165, 1.54) is 11.1 Å². The molecule has 0 amide bonds. The van der Waals surface area contributed by atoms with Crippen LogP contribution in [-0.4, -0.2) is 53.7 Å². The Hall–Kier alpha value is -5.17. The number of nitrogens with zero attached hydrogens (tertiary/aromatic N) is 3. The zero-order valence-electron chi connectivity index (χ0n) is 28.4. The van der Waals surface area contributed by atoms with Crippen molar-refractivity contribution in [2.45, 2.75) is 45.2 Å². The van der Waals surface area contributed by atoms with Gasteiger partial charge >= 0.3 is 0 Å². The molecule has 5 rings (SSSR count). The lowest BCUT2D eigenvalue weighted by atomic mass is 9.75. The number of likely N-dealkylation sites (N-methyl/N-ethyl adjacent to an activating group) is 1. The minimum Gasteiger partial charge on any atom is -0.493 e. The van der Waals surface area contributed by atoms with E-state index in [1.807, 2.05) is 73.8 Å². The van der Waals surface area contributed by atoms with Crippen molar-refractivity contribution in [1.29, 1.82) is 0 Å². The molecular formula is C40H46N6O2. The number of hydrogen-bond acceptors (Lipinski definition) is 7. The van der Waals surface area contributed by atoms with Gasteiger partial charge in [-0.15, -0.1) is 0 Å². The van der Waals surface area contributed by atoms with Gasteiger partial charge in [-0.1, -0.05) is 104 Å². The van der Waals surface area contributed by atoms with E-state index in [-0.39, 0.29) is 17.5 Å². The normalized spacial score (nSPS) is 20.5. The Balaban J connectivity index is 1.47. The van der Waals surface area contributed by atoms with Crippen molar-refractivity contribution in [3.05, 3.63) is 143 Å². The molecule has 0 spiro atoms. The Kier molecular flexibility index (Phi) is 11.1. The van der Waals surface area contributed by atoms with Crippen molar-refractivity contribution in [2.75, 3.05) is 26.7 Å². The molecule has 0 saturated heterocycles. The van der Waals surface area contributed by atoms with Crippen LogP contribution >= 0.6 is 0 Å². The van der Waals surface area contributed by atoms with E-state index < -0.39 is 5.54 Å².